The van der Waals surface area contributed by atoms with Crippen molar-refractivity contribution in [3.63, 3.8) is 0 Å². The zero-order chi connectivity index (χ0) is 18.1. The van der Waals surface area contributed by atoms with Gasteiger partial charge in [-0.15, -0.1) is 10.2 Å². The lowest BCUT2D eigenvalue weighted by Crippen LogP contribution is -2.50. The molecule has 2 atom stereocenters. The number of carbonyl (C=O) groups is 3. The third-order valence-electron chi connectivity index (χ3n) is 5.73. The number of tetrazole rings is 1. The summed E-state index contributed by atoms with van der Waals surface area (Å²) < 4.78 is 0. The molecule has 0 radical (unpaired) electrons. The van der Waals surface area contributed by atoms with Crippen molar-refractivity contribution in [2.24, 2.45) is 5.92 Å². The number of amides is 1. The van der Waals surface area contributed by atoms with Gasteiger partial charge in [0.15, 0.2) is 11.7 Å². The Hall–Kier alpha value is -3.16. The lowest BCUT2D eigenvalue weighted by atomic mass is 9.69. The van der Waals surface area contributed by atoms with Crippen LogP contribution in [0.1, 0.15) is 42.4 Å². The van der Waals surface area contributed by atoms with E-state index in [1.165, 1.54) is 0 Å². The highest BCUT2D eigenvalue weighted by atomic mass is 16.2. The van der Waals surface area contributed by atoms with Crippen LogP contribution < -0.4 is 4.90 Å². The van der Waals surface area contributed by atoms with Crippen LogP contribution in [0.25, 0.3) is 0 Å². The topological polar surface area (TPSA) is 109 Å². The van der Waals surface area contributed by atoms with Crippen LogP contribution in [0.5, 0.6) is 0 Å². The second kappa shape index (κ2) is 4.94. The van der Waals surface area contributed by atoms with E-state index in [0.717, 1.165) is 29.8 Å². The Balaban J connectivity index is 1.73. The number of allylic oxidation sites excluding steroid dienone is 2. The number of aromatic amines is 1. The molecule has 8 nitrogen and oxygen atoms in total. The molecule has 5 rings (SSSR count). The Morgan fingerprint density at radius 3 is 2.88 bits per heavy atom. The monoisotopic (exact) mass is 349 g/mol. The molecule has 1 aliphatic carbocycles. The number of anilines is 1. The molecule has 1 N–H and O–H groups in total. The highest BCUT2D eigenvalue weighted by Crippen LogP contribution is 2.56. The van der Waals surface area contributed by atoms with Crippen molar-refractivity contribution in [3.8, 4) is 0 Å². The number of carbonyl (C=O) groups excluding carboxylic acids is 3. The van der Waals surface area contributed by atoms with Gasteiger partial charge in [0.05, 0.1) is 5.69 Å². The van der Waals surface area contributed by atoms with E-state index in [-0.39, 0.29) is 11.2 Å². The fraction of sp³-hybridized carbons (Fsp3) is 0.333. The van der Waals surface area contributed by atoms with Gasteiger partial charge in [-0.1, -0.05) is 18.2 Å². The van der Waals surface area contributed by atoms with Gasteiger partial charge in [-0.2, -0.15) is 5.21 Å². The standard InChI is InChI=1S/C18H15N5O3/c1-18-8-4-5-9-13(24)12(14(25)16-19-21-22-20-16)17(26)23(15(9)18)11-7-3-2-6-10(11)18/h2-3,6-7,12H,4-5,8H2,1H3,(H,19,20,21,22). The predicted octanol–water partition coefficient (Wildman–Crippen LogP) is 1.32. The molecule has 3 heterocycles. The third kappa shape index (κ3) is 1.68. The molecule has 26 heavy (non-hydrogen) atoms. The van der Waals surface area contributed by atoms with Gasteiger partial charge < -0.3 is 0 Å². The molecule has 8 heteroatoms. The van der Waals surface area contributed by atoms with E-state index in [1.807, 2.05) is 24.3 Å². The van der Waals surface area contributed by atoms with Crippen LogP contribution >= 0.6 is 0 Å². The van der Waals surface area contributed by atoms with Crippen LogP contribution in [0.15, 0.2) is 35.5 Å². The number of nitrogens with one attached hydrogen (secondary N) is 1. The van der Waals surface area contributed by atoms with Crippen LogP contribution in [0.2, 0.25) is 0 Å². The summed E-state index contributed by atoms with van der Waals surface area (Å²) in [4.78, 5) is 40.7. The average molecular weight is 349 g/mol. The number of H-pyrrole nitrogens is 1. The molecule has 0 saturated carbocycles. The molecule has 2 aromatic rings. The molecule has 130 valence electrons. The van der Waals surface area contributed by atoms with Gasteiger partial charge in [0, 0.05) is 16.7 Å². The number of nitrogens with zero attached hydrogens (tertiary/aromatic N) is 4. The Kier molecular flexibility index (Phi) is 2.87. The highest BCUT2D eigenvalue weighted by molar-refractivity contribution is 6.33. The average Bonchev–Trinajstić information content (AvgIpc) is 3.25. The fourth-order valence-electron chi connectivity index (χ4n) is 4.60. The summed E-state index contributed by atoms with van der Waals surface area (Å²) in [5.74, 6) is -3.35. The van der Waals surface area contributed by atoms with Crippen LogP contribution in [-0.2, 0) is 15.0 Å². The molecule has 2 unspecified atom stereocenters. The maximum atomic E-state index is 13.3. The van der Waals surface area contributed by atoms with E-state index in [4.69, 9.17) is 0 Å². The SMILES string of the molecule is CC12CCCC3=C1N(C(=O)C(C(=O)c1nn[nH]n1)C3=O)c1ccccc12. The van der Waals surface area contributed by atoms with E-state index >= 15 is 0 Å². The quantitative estimate of drug-likeness (QED) is 0.647. The van der Waals surface area contributed by atoms with E-state index in [2.05, 4.69) is 27.5 Å². The molecule has 3 aliphatic rings. The Labute approximate surface area is 148 Å². The van der Waals surface area contributed by atoms with E-state index in [1.54, 1.807) is 4.90 Å². The molecule has 0 spiro atoms. The summed E-state index contributed by atoms with van der Waals surface area (Å²) in [7, 11) is 0. The summed E-state index contributed by atoms with van der Waals surface area (Å²) in [5.41, 5.74) is 2.73. The number of rotatable bonds is 2. The summed E-state index contributed by atoms with van der Waals surface area (Å²) in [6, 6.07) is 7.66. The Morgan fingerprint density at radius 2 is 2.12 bits per heavy atom. The lowest BCUT2D eigenvalue weighted by Gasteiger charge is -2.39. The van der Waals surface area contributed by atoms with Crippen LogP contribution in [0.4, 0.5) is 5.69 Å². The molecule has 1 amide bonds. The van der Waals surface area contributed by atoms with Gasteiger partial charge in [0.1, 0.15) is 0 Å². The van der Waals surface area contributed by atoms with Crippen molar-refractivity contribution in [2.75, 3.05) is 4.90 Å². The maximum absolute atomic E-state index is 13.3. The molecular formula is C18H15N5O3. The first-order chi connectivity index (χ1) is 12.5. The number of benzene rings is 1. The smallest absolute Gasteiger partial charge is 0.250 e. The Morgan fingerprint density at radius 1 is 1.31 bits per heavy atom. The second-order valence-corrected chi connectivity index (χ2v) is 7.10. The number of Topliss-reactive ketones (excluding diaryl/α,β-unsaturated/α-hetero) is 2. The van der Waals surface area contributed by atoms with Crippen LogP contribution in [-0.4, -0.2) is 38.1 Å². The highest BCUT2D eigenvalue weighted by Gasteiger charge is 2.56. The van der Waals surface area contributed by atoms with Gasteiger partial charge in [-0.25, -0.2) is 0 Å². The number of hydrogen-bond acceptors (Lipinski definition) is 6. The molecule has 0 bridgehead atoms. The second-order valence-electron chi connectivity index (χ2n) is 7.10. The van der Waals surface area contributed by atoms with Crippen LogP contribution in [0, 0.1) is 5.92 Å². The summed E-state index contributed by atoms with van der Waals surface area (Å²) in [5, 5.41) is 12.8. The van der Waals surface area contributed by atoms with Crippen molar-refractivity contribution < 1.29 is 14.4 Å². The zero-order valence-corrected chi connectivity index (χ0v) is 14.0. The first kappa shape index (κ1) is 15.1. The molecule has 1 aromatic heterocycles. The minimum absolute atomic E-state index is 0.244. The minimum Gasteiger partial charge on any atom is -0.293 e. The molecule has 0 saturated heterocycles. The van der Waals surface area contributed by atoms with Crippen LogP contribution in [0.3, 0.4) is 0 Å². The molecule has 1 aromatic carbocycles. The summed E-state index contributed by atoms with van der Waals surface area (Å²) in [6.07, 6.45) is 2.27. The summed E-state index contributed by atoms with van der Waals surface area (Å²) in [6.45, 7) is 2.07. The van der Waals surface area contributed by atoms with Crippen molar-refractivity contribution in [1.82, 2.24) is 20.6 Å². The van der Waals surface area contributed by atoms with Gasteiger partial charge in [-0.3, -0.25) is 19.3 Å². The number of aromatic nitrogens is 4. The Bertz CT molecular complexity index is 1010. The number of para-hydroxylation sites is 1. The molecular weight excluding hydrogens is 334 g/mol. The van der Waals surface area contributed by atoms with Crippen molar-refractivity contribution >= 4 is 23.2 Å². The molecule has 0 fully saturated rings. The van der Waals surface area contributed by atoms with E-state index < -0.39 is 23.4 Å². The lowest BCUT2D eigenvalue weighted by molar-refractivity contribution is -0.129. The number of ketones is 2. The largest absolute Gasteiger partial charge is 0.293 e. The predicted molar refractivity (Wildman–Crippen MR) is 89.2 cm³/mol. The minimum atomic E-state index is -1.44. The van der Waals surface area contributed by atoms with Crippen molar-refractivity contribution in [1.29, 1.82) is 0 Å². The normalized spacial score (nSPS) is 26.8. The number of fused-ring (bicyclic) bond motifs is 3. The first-order valence-corrected chi connectivity index (χ1v) is 8.53. The van der Waals surface area contributed by atoms with Crippen molar-refractivity contribution in [3.05, 3.63) is 46.9 Å². The summed E-state index contributed by atoms with van der Waals surface area (Å²) >= 11 is 0. The fourth-order valence-corrected chi connectivity index (χ4v) is 4.60. The number of hydrogen-bond donors (Lipinski definition) is 1. The van der Waals surface area contributed by atoms with Crippen molar-refractivity contribution in [2.45, 2.75) is 31.6 Å². The van der Waals surface area contributed by atoms with E-state index in [9.17, 15) is 14.4 Å². The van der Waals surface area contributed by atoms with Gasteiger partial charge >= 0.3 is 0 Å². The molecule has 2 aliphatic heterocycles. The third-order valence-corrected chi connectivity index (χ3v) is 5.73. The van der Waals surface area contributed by atoms with E-state index in [0.29, 0.717) is 12.0 Å². The maximum Gasteiger partial charge on any atom is 0.250 e. The van der Waals surface area contributed by atoms with Gasteiger partial charge in [0.2, 0.25) is 17.5 Å². The van der Waals surface area contributed by atoms with Gasteiger partial charge in [0.25, 0.3) is 0 Å². The zero-order valence-electron chi connectivity index (χ0n) is 14.0. The first-order valence-electron chi connectivity index (χ1n) is 8.53. The van der Waals surface area contributed by atoms with Gasteiger partial charge in [-0.05, 0) is 43.0 Å².